The van der Waals surface area contributed by atoms with Gasteiger partial charge in [-0.05, 0) is 12.0 Å². The lowest BCUT2D eigenvalue weighted by atomic mass is 10.0. The Morgan fingerprint density at radius 2 is 1.91 bits per heavy atom. The van der Waals surface area contributed by atoms with Crippen molar-refractivity contribution in [3.8, 4) is 0 Å². The monoisotopic (exact) mass is 320 g/mol. The summed E-state index contributed by atoms with van der Waals surface area (Å²) in [6.45, 7) is 2.40. The highest BCUT2D eigenvalue weighted by Crippen LogP contribution is 2.04. The number of hydrogen-bond donors (Lipinski definition) is 4. The second kappa shape index (κ2) is 10.3. The van der Waals surface area contributed by atoms with Crippen LogP contribution in [0.1, 0.15) is 18.9 Å². The van der Waals surface area contributed by atoms with Crippen molar-refractivity contribution < 1.29 is 14.4 Å². The van der Waals surface area contributed by atoms with Gasteiger partial charge in [0.2, 0.25) is 18.2 Å². The van der Waals surface area contributed by atoms with E-state index in [2.05, 4.69) is 16.0 Å². The smallest absolute Gasteiger partial charge is 0.239 e. The van der Waals surface area contributed by atoms with E-state index in [-0.39, 0.29) is 30.3 Å². The summed E-state index contributed by atoms with van der Waals surface area (Å²) in [5.74, 6) is -0.817. The molecule has 0 radical (unpaired) electrons. The molecule has 126 valence electrons. The zero-order valence-electron chi connectivity index (χ0n) is 13.2. The maximum absolute atomic E-state index is 11.9. The molecule has 0 spiro atoms. The van der Waals surface area contributed by atoms with Crippen LogP contribution < -0.4 is 21.7 Å². The summed E-state index contributed by atoms with van der Waals surface area (Å²) in [6.07, 6.45) is 1.000. The van der Waals surface area contributed by atoms with E-state index in [0.29, 0.717) is 25.9 Å². The summed E-state index contributed by atoms with van der Waals surface area (Å²) >= 11 is 0. The van der Waals surface area contributed by atoms with Crippen molar-refractivity contribution in [3.63, 3.8) is 0 Å². The highest BCUT2D eigenvalue weighted by Gasteiger charge is 2.17. The van der Waals surface area contributed by atoms with Gasteiger partial charge in [-0.1, -0.05) is 37.3 Å². The summed E-state index contributed by atoms with van der Waals surface area (Å²) in [4.78, 5) is 33.8. The van der Waals surface area contributed by atoms with Crippen molar-refractivity contribution in [1.82, 2.24) is 16.0 Å². The topological polar surface area (TPSA) is 113 Å². The predicted octanol–water partition coefficient (Wildman–Crippen LogP) is -0.481. The van der Waals surface area contributed by atoms with Crippen LogP contribution in [0.15, 0.2) is 30.3 Å². The van der Waals surface area contributed by atoms with Crippen molar-refractivity contribution in [2.75, 3.05) is 13.1 Å². The fourth-order valence-corrected chi connectivity index (χ4v) is 2.04. The molecule has 5 N–H and O–H groups in total. The first kappa shape index (κ1) is 18.6. The molecule has 1 aromatic carbocycles. The lowest BCUT2D eigenvalue weighted by Gasteiger charge is -2.16. The van der Waals surface area contributed by atoms with E-state index in [1.54, 1.807) is 6.92 Å². The zero-order valence-corrected chi connectivity index (χ0v) is 13.2. The molecule has 0 aliphatic carbocycles. The Hall–Kier alpha value is -2.41. The molecule has 0 aliphatic rings. The van der Waals surface area contributed by atoms with Gasteiger partial charge in [0.1, 0.15) is 0 Å². The molecule has 3 amide bonds. The molecule has 0 heterocycles. The molecular weight excluding hydrogens is 296 g/mol. The second-order valence-electron chi connectivity index (χ2n) is 5.40. The first-order chi connectivity index (χ1) is 11.0. The number of carbonyl (C=O) groups is 3. The van der Waals surface area contributed by atoms with Gasteiger partial charge in [0, 0.05) is 25.0 Å². The number of amides is 3. The second-order valence-corrected chi connectivity index (χ2v) is 5.40. The molecule has 1 aromatic rings. The highest BCUT2D eigenvalue weighted by atomic mass is 16.2. The molecule has 7 heteroatoms. The van der Waals surface area contributed by atoms with E-state index in [0.717, 1.165) is 5.56 Å². The normalized spacial score (nSPS) is 12.8. The van der Waals surface area contributed by atoms with Crippen LogP contribution in [0.4, 0.5) is 0 Å². The molecule has 0 bridgehead atoms. The maximum Gasteiger partial charge on any atom is 0.239 e. The minimum Gasteiger partial charge on any atom is -0.357 e. The quantitative estimate of drug-likeness (QED) is 0.436. The molecule has 0 saturated heterocycles. The van der Waals surface area contributed by atoms with E-state index in [9.17, 15) is 14.4 Å². The number of rotatable bonds is 10. The van der Waals surface area contributed by atoms with Gasteiger partial charge in [0.05, 0.1) is 6.54 Å². The van der Waals surface area contributed by atoms with E-state index in [4.69, 9.17) is 5.73 Å². The van der Waals surface area contributed by atoms with Crippen LogP contribution in [0.25, 0.3) is 0 Å². The third-order valence-electron chi connectivity index (χ3n) is 3.32. The predicted molar refractivity (Wildman–Crippen MR) is 87.1 cm³/mol. The first-order valence-corrected chi connectivity index (χ1v) is 7.54. The van der Waals surface area contributed by atoms with Gasteiger partial charge in [-0.25, -0.2) is 0 Å². The fourth-order valence-electron chi connectivity index (χ4n) is 2.04. The molecular formula is C16H24N4O3. The summed E-state index contributed by atoms with van der Waals surface area (Å²) in [6, 6.07) is 9.22. The Morgan fingerprint density at radius 1 is 1.22 bits per heavy atom. The van der Waals surface area contributed by atoms with Crippen LogP contribution in [0.5, 0.6) is 0 Å². The van der Waals surface area contributed by atoms with Crippen molar-refractivity contribution in [2.45, 2.75) is 25.9 Å². The van der Waals surface area contributed by atoms with Gasteiger partial charge in [0.25, 0.3) is 0 Å². The molecule has 2 unspecified atom stereocenters. The Labute approximate surface area is 136 Å². The van der Waals surface area contributed by atoms with Gasteiger partial charge in [0.15, 0.2) is 0 Å². The number of carbonyl (C=O) groups excluding carboxylic acids is 3. The van der Waals surface area contributed by atoms with Gasteiger partial charge in [-0.2, -0.15) is 0 Å². The van der Waals surface area contributed by atoms with E-state index >= 15 is 0 Å². The van der Waals surface area contributed by atoms with Crippen LogP contribution in [0.3, 0.4) is 0 Å². The largest absolute Gasteiger partial charge is 0.357 e. The minimum absolute atomic E-state index is 0.0716. The fraction of sp³-hybridized carbons (Fsp3) is 0.438. The van der Waals surface area contributed by atoms with Gasteiger partial charge in [-0.3, -0.25) is 14.4 Å². The molecule has 0 saturated carbocycles. The first-order valence-electron chi connectivity index (χ1n) is 7.54. The van der Waals surface area contributed by atoms with Crippen LogP contribution in [0, 0.1) is 5.92 Å². The van der Waals surface area contributed by atoms with Crippen LogP contribution >= 0.6 is 0 Å². The molecule has 23 heavy (non-hydrogen) atoms. The van der Waals surface area contributed by atoms with Crippen molar-refractivity contribution in [1.29, 1.82) is 0 Å². The van der Waals surface area contributed by atoms with Crippen LogP contribution in [-0.2, 0) is 20.9 Å². The summed E-state index contributed by atoms with van der Waals surface area (Å²) in [5, 5.41) is 7.79. The van der Waals surface area contributed by atoms with Crippen molar-refractivity contribution in [2.24, 2.45) is 11.7 Å². The summed E-state index contributed by atoms with van der Waals surface area (Å²) in [5.41, 5.74) is 6.78. The third kappa shape index (κ3) is 7.96. The van der Waals surface area contributed by atoms with Crippen molar-refractivity contribution >= 4 is 18.2 Å². The Kier molecular flexibility index (Phi) is 8.38. The summed E-state index contributed by atoms with van der Waals surface area (Å²) in [7, 11) is 0. The molecule has 0 fully saturated rings. The van der Waals surface area contributed by atoms with Crippen LogP contribution in [-0.4, -0.2) is 37.4 Å². The van der Waals surface area contributed by atoms with Gasteiger partial charge < -0.3 is 21.7 Å². The average Bonchev–Trinajstić information content (AvgIpc) is 2.56. The standard InChI is InChI=1S/C16H24N4O3/c1-12(7-14(17)9-18-11-21)16(23)20-10-15(22)19-8-13-5-3-2-4-6-13/h2-6,11-12,14H,7-10,17H2,1H3,(H,18,21)(H,19,22)(H,20,23). The molecule has 0 aromatic heterocycles. The number of nitrogens with two attached hydrogens (primary N) is 1. The number of benzene rings is 1. The molecule has 7 nitrogen and oxygen atoms in total. The zero-order chi connectivity index (χ0) is 17.1. The maximum atomic E-state index is 11.9. The lowest BCUT2D eigenvalue weighted by molar-refractivity contribution is -0.128. The van der Waals surface area contributed by atoms with Crippen LogP contribution in [0.2, 0.25) is 0 Å². The van der Waals surface area contributed by atoms with E-state index in [1.807, 2.05) is 30.3 Å². The minimum atomic E-state index is -0.333. The molecule has 2 atom stereocenters. The third-order valence-corrected chi connectivity index (χ3v) is 3.32. The van der Waals surface area contributed by atoms with Gasteiger partial charge >= 0.3 is 0 Å². The van der Waals surface area contributed by atoms with Gasteiger partial charge in [-0.15, -0.1) is 0 Å². The lowest BCUT2D eigenvalue weighted by Crippen LogP contribution is -2.41. The SMILES string of the molecule is CC(CC(N)CNC=O)C(=O)NCC(=O)NCc1ccccc1. The number of nitrogens with one attached hydrogen (secondary N) is 3. The van der Waals surface area contributed by atoms with Crippen molar-refractivity contribution in [3.05, 3.63) is 35.9 Å². The number of hydrogen-bond acceptors (Lipinski definition) is 4. The Balaban J connectivity index is 2.23. The highest BCUT2D eigenvalue weighted by molar-refractivity contribution is 5.85. The summed E-state index contributed by atoms with van der Waals surface area (Å²) < 4.78 is 0. The Morgan fingerprint density at radius 3 is 2.57 bits per heavy atom. The Bertz CT molecular complexity index is 507. The van der Waals surface area contributed by atoms with E-state index < -0.39 is 0 Å². The average molecular weight is 320 g/mol. The van der Waals surface area contributed by atoms with E-state index in [1.165, 1.54) is 0 Å². The molecule has 1 rings (SSSR count). The molecule has 0 aliphatic heterocycles.